The smallest absolute Gasteiger partial charge is 0.230 e. The number of sulfonamides is 1. The average Bonchev–Trinajstić information content (AvgIpc) is 2.83. The lowest BCUT2D eigenvalue weighted by molar-refractivity contribution is -0.133. The van der Waals surface area contributed by atoms with E-state index in [0.29, 0.717) is 19.5 Å². The van der Waals surface area contributed by atoms with E-state index in [1.807, 2.05) is 73.5 Å². The summed E-state index contributed by atoms with van der Waals surface area (Å²) in [5.74, 6) is -0.178. The van der Waals surface area contributed by atoms with Gasteiger partial charge in [0.15, 0.2) is 0 Å². The summed E-state index contributed by atoms with van der Waals surface area (Å²) in [6, 6.07) is 18.9. The molecule has 1 amide bonds. The summed E-state index contributed by atoms with van der Waals surface area (Å²) in [5, 5.41) is 0. The highest BCUT2D eigenvalue weighted by molar-refractivity contribution is 7.88. The number of amides is 1. The molecule has 3 aromatic rings. The first-order valence-electron chi connectivity index (χ1n) is 11.2. The van der Waals surface area contributed by atoms with Crippen LogP contribution in [-0.4, -0.2) is 30.8 Å². The van der Waals surface area contributed by atoms with E-state index < -0.39 is 10.0 Å². The van der Waals surface area contributed by atoms with E-state index in [0.717, 1.165) is 33.5 Å². The Hall–Kier alpha value is -3.03. The summed E-state index contributed by atoms with van der Waals surface area (Å²) in [7, 11) is -3.48. The lowest BCUT2D eigenvalue weighted by Gasteiger charge is -2.32. The third-order valence-corrected chi connectivity index (χ3v) is 7.54. The molecule has 4 rings (SSSR count). The third-order valence-electron chi connectivity index (χ3n) is 6.25. The first-order chi connectivity index (χ1) is 15.8. The quantitative estimate of drug-likeness (QED) is 0.580. The van der Waals surface area contributed by atoms with Gasteiger partial charge in [-0.25, -0.2) is 13.1 Å². The maximum atomic E-state index is 13.1. The average molecular weight is 464 g/mol. The molecule has 6 nitrogen and oxygen atoms in total. The minimum atomic E-state index is -3.48. The van der Waals surface area contributed by atoms with Crippen LogP contribution in [0.25, 0.3) is 0 Å². The van der Waals surface area contributed by atoms with E-state index in [1.165, 1.54) is 0 Å². The molecule has 172 valence electrons. The van der Waals surface area contributed by atoms with Crippen LogP contribution in [0.3, 0.4) is 0 Å². The molecule has 1 aromatic heterocycles. The molecule has 1 aliphatic rings. The molecule has 0 radical (unpaired) electrons. The van der Waals surface area contributed by atoms with E-state index in [1.54, 1.807) is 12.1 Å². The molecule has 1 unspecified atom stereocenters. The Morgan fingerprint density at radius 3 is 2.45 bits per heavy atom. The standard InChI is InChI=1S/C26H29N3O3S/c1-19(22-11-7-4-8-12-22)26(30)29-14-13-24-23(17-29)15-27-20(2)25(24)16-28-33(31,32)18-21-9-5-3-6-10-21/h3-12,15,19,28H,13-14,16-18H2,1-2H3. The van der Waals surface area contributed by atoms with Gasteiger partial charge in [0.2, 0.25) is 15.9 Å². The van der Waals surface area contributed by atoms with Crippen LogP contribution in [0.4, 0.5) is 0 Å². The number of aromatic nitrogens is 1. The Balaban J connectivity index is 1.47. The molecule has 0 saturated carbocycles. The van der Waals surface area contributed by atoms with E-state index >= 15 is 0 Å². The second-order valence-electron chi connectivity index (χ2n) is 8.53. The number of rotatable bonds is 7. The number of aryl methyl sites for hydroxylation is 1. The molecular weight excluding hydrogens is 434 g/mol. The second kappa shape index (κ2) is 9.85. The molecular formula is C26H29N3O3S. The normalized spacial score (nSPS) is 14.5. The predicted octanol–water partition coefficient (Wildman–Crippen LogP) is 3.70. The first kappa shape index (κ1) is 23.1. The number of fused-ring (bicyclic) bond motifs is 1. The summed E-state index contributed by atoms with van der Waals surface area (Å²) in [6.07, 6.45) is 2.50. The number of carbonyl (C=O) groups is 1. The van der Waals surface area contributed by atoms with Gasteiger partial charge in [-0.1, -0.05) is 60.7 Å². The van der Waals surface area contributed by atoms with Gasteiger partial charge >= 0.3 is 0 Å². The van der Waals surface area contributed by atoms with Crippen LogP contribution in [-0.2, 0) is 40.1 Å². The van der Waals surface area contributed by atoms with Crippen LogP contribution >= 0.6 is 0 Å². The van der Waals surface area contributed by atoms with Crippen molar-refractivity contribution in [3.05, 3.63) is 100 Å². The number of benzene rings is 2. The Bertz CT molecular complexity index is 1230. The van der Waals surface area contributed by atoms with Crippen molar-refractivity contribution in [2.75, 3.05) is 6.54 Å². The van der Waals surface area contributed by atoms with E-state index in [-0.39, 0.29) is 24.1 Å². The van der Waals surface area contributed by atoms with Crippen molar-refractivity contribution in [3.8, 4) is 0 Å². The molecule has 0 saturated heterocycles. The van der Waals surface area contributed by atoms with Gasteiger partial charge in [0, 0.05) is 31.5 Å². The molecule has 1 atom stereocenters. The number of hydrogen-bond acceptors (Lipinski definition) is 4. The molecule has 33 heavy (non-hydrogen) atoms. The highest BCUT2D eigenvalue weighted by Gasteiger charge is 2.27. The Morgan fingerprint density at radius 2 is 1.76 bits per heavy atom. The number of nitrogens with one attached hydrogen (secondary N) is 1. The van der Waals surface area contributed by atoms with Crippen molar-refractivity contribution in [1.82, 2.24) is 14.6 Å². The van der Waals surface area contributed by atoms with Crippen molar-refractivity contribution < 1.29 is 13.2 Å². The van der Waals surface area contributed by atoms with Gasteiger partial charge in [-0.2, -0.15) is 0 Å². The van der Waals surface area contributed by atoms with Gasteiger partial charge in [0.05, 0.1) is 11.7 Å². The van der Waals surface area contributed by atoms with Crippen LogP contribution in [0.5, 0.6) is 0 Å². The van der Waals surface area contributed by atoms with Gasteiger partial charge < -0.3 is 4.90 Å². The maximum Gasteiger partial charge on any atom is 0.230 e. The molecule has 2 aromatic carbocycles. The first-order valence-corrected chi connectivity index (χ1v) is 12.8. The third kappa shape index (κ3) is 5.49. The van der Waals surface area contributed by atoms with E-state index in [4.69, 9.17) is 0 Å². The molecule has 0 bridgehead atoms. The fourth-order valence-corrected chi connectivity index (χ4v) is 5.43. The van der Waals surface area contributed by atoms with Gasteiger partial charge in [0.1, 0.15) is 0 Å². The fraction of sp³-hybridized carbons (Fsp3) is 0.308. The van der Waals surface area contributed by atoms with Crippen LogP contribution < -0.4 is 4.72 Å². The monoisotopic (exact) mass is 463 g/mol. The van der Waals surface area contributed by atoms with Crippen LogP contribution in [0.1, 0.15) is 46.4 Å². The summed E-state index contributed by atoms with van der Waals surface area (Å²) in [5.41, 5.74) is 5.56. The lowest BCUT2D eigenvalue weighted by atomic mass is 9.93. The molecule has 0 fully saturated rings. The Morgan fingerprint density at radius 1 is 1.09 bits per heavy atom. The summed E-state index contributed by atoms with van der Waals surface area (Å²) < 4.78 is 28.0. The zero-order valence-corrected chi connectivity index (χ0v) is 19.8. The molecule has 0 spiro atoms. The lowest BCUT2D eigenvalue weighted by Crippen LogP contribution is -2.39. The van der Waals surface area contributed by atoms with Crippen molar-refractivity contribution in [2.24, 2.45) is 0 Å². The van der Waals surface area contributed by atoms with Crippen LogP contribution in [0.2, 0.25) is 0 Å². The molecule has 1 N–H and O–H groups in total. The fourth-order valence-electron chi connectivity index (χ4n) is 4.33. The maximum absolute atomic E-state index is 13.1. The number of pyridine rings is 1. The van der Waals surface area contributed by atoms with Gasteiger partial charge in [-0.05, 0) is 48.1 Å². The summed E-state index contributed by atoms with van der Waals surface area (Å²) in [4.78, 5) is 19.5. The number of hydrogen-bond donors (Lipinski definition) is 1. The minimum absolute atomic E-state index is 0.0605. The Kier molecular flexibility index (Phi) is 6.91. The Labute approximate surface area is 195 Å². The predicted molar refractivity (Wildman–Crippen MR) is 129 cm³/mol. The van der Waals surface area contributed by atoms with Gasteiger partial charge in [-0.15, -0.1) is 0 Å². The highest BCUT2D eigenvalue weighted by atomic mass is 32.2. The van der Waals surface area contributed by atoms with Crippen molar-refractivity contribution in [2.45, 2.75) is 45.0 Å². The molecule has 1 aliphatic heterocycles. The molecule has 2 heterocycles. The van der Waals surface area contributed by atoms with Crippen molar-refractivity contribution in [3.63, 3.8) is 0 Å². The summed E-state index contributed by atoms with van der Waals surface area (Å²) in [6.45, 7) is 5.13. The van der Waals surface area contributed by atoms with Gasteiger partial charge in [0.25, 0.3) is 0 Å². The molecule has 0 aliphatic carbocycles. The van der Waals surface area contributed by atoms with Crippen LogP contribution in [0, 0.1) is 6.92 Å². The zero-order valence-electron chi connectivity index (χ0n) is 19.0. The van der Waals surface area contributed by atoms with Crippen LogP contribution in [0.15, 0.2) is 66.9 Å². The largest absolute Gasteiger partial charge is 0.337 e. The van der Waals surface area contributed by atoms with Crippen molar-refractivity contribution >= 4 is 15.9 Å². The number of carbonyl (C=O) groups excluding carboxylic acids is 1. The topological polar surface area (TPSA) is 79.4 Å². The van der Waals surface area contributed by atoms with Gasteiger partial charge in [-0.3, -0.25) is 9.78 Å². The SMILES string of the molecule is Cc1ncc2c(c1CNS(=O)(=O)Cc1ccccc1)CCN(C(=O)C(C)c1ccccc1)C2. The highest BCUT2D eigenvalue weighted by Crippen LogP contribution is 2.27. The number of nitrogens with zero attached hydrogens (tertiary/aromatic N) is 2. The van der Waals surface area contributed by atoms with Crippen molar-refractivity contribution in [1.29, 1.82) is 0 Å². The van der Waals surface area contributed by atoms with E-state index in [9.17, 15) is 13.2 Å². The summed E-state index contributed by atoms with van der Waals surface area (Å²) >= 11 is 0. The van der Waals surface area contributed by atoms with E-state index in [2.05, 4.69) is 9.71 Å². The second-order valence-corrected chi connectivity index (χ2v) is 10.3. The molecule has 7 heteroatoms. The zero-order chi connectivity index (χ0) is 23.4. The minimum Gasteiger partial charge on any atom is -0.337 e.